The molecule has 3 heteroatoms. The summed E-state index contributed by atoms with van der Waals surface area (Å²) in [4.78, 5) is 8.49. The van der Waals surface area contributed by atoms with Gasteiger partial charge >= 0.3 is 0 Å². The molecule has 0 bridgehead atoms. The predicted octanol–water partition coefficient (Wildman–Crippen LogP) is 4.11. The van der Waals surface area contributed by atoms with E-state index in [-0.39, 0.29) is 0 Å². The number of fused-ring (bicyclic) bond motifs is 1. The van der Waals surface area contributed by atoms with Crippen molar-refractivity contribution >= 4 is 16.6 Å². The number of hydrogen-bond donors (Lipinski definition) is 1. The Balaban J connectivity index is 1.44. The van der Waals surface area contributed by atoms with Gasteiger partial charge in [0.2, 0.25) is 0 Å². The first-order valence-electron chi connectivity index (χ1n) is 8.81. The molecule has 0 atom stereocenters. The molecule has 24 heavy (non-hydrogen) atoms. The smallest absolute Gasteiger partial charge is 0.0457 e. The molecule has 0 amide bonds. The van der Waals surface area contributed by atoms with Crippen LogP contribution in [-0.2, 0) is 6.54 Å². The SMILES string of the molecule is Cc1cccc(N2CCN(Cc3c[nH]c4ccccc34)CC2)c1C. The maximum Gasteiger partial charge on any atom is 0.0457 e. The fourth-order valence-corrected chi connectivity index (χ4v) is 3.73. The summed E-state index contributed by atoms with van der Waals surface area (Å²) in [6.07, 6.45) is 2.17. The van der Waals surface area contributed by atoms with Crippen molar-refractivity contribution in [1.29, 1.82) is 0 Å². The van der Waals surface area contributed by atoms with E-state index in [1.54, 1.807) is 0 Å². The first kappa shape index (κ1) is 15.3. The van der Waals surface area contributed by atoms with Crippen molar-refractivity contribution in [2.75, 3.05) is 31.1 Å². The van der Waals surface area contributed by atoms with Gasteiger partial charge in [-0.2, -0.15) is 0 Å². The van der Waals surface area contributed by atoms with Crippen molar-refractivity contribution in [2.45, 2.75) is 20.4 Å². The van der Waals surface area contributed by atoms with E-state index in [0.717, 1.165) is 32.7 Å². The molecule has 3 aromatic rings. The third-order valence-corrected chi connectivity index (χ3v) is 5.36. The molecular formula is C21H25N3. The van der Waals surface area contributed by atoms with Crippen LogP contribution < -0.4 is 4.90 Å². The zero-order valence-corrected chi connectivity index (χ0v) is 14.5. The van der Waals surface area contributed by atoms with E-state index in [2.05, 4.69) is 77.3 Å². The number of nitrogens with one attached hydrogen (secondary N) is 1. The van der Waals surface area contributed by atoms with Gasteiger partial charge in [0, 0.05) is 55.5 Å². The molecule has 1 saturated heterocycles. The molecule has 1 aliphatic rings. The number of rotatable bonds is 3. The minimum atomic E-state index is 1.03. The summed E-state index contributed by atoms with van der Waals surface area (Å²) >= 11 is 0. The van der Waals surface area contributed by atoms with E-state index in [4.69, 9.17) is 0 Å². The third-order valence-electron chi connectivity index (χ3n) is 5.36. The van der Waals surface area contributed by atoms with E-state index in [0.29, 0.717) is 0 Å². The lowest BCUT2D eigenvalue weighted by Crippen LogP contribution is -2.46. The summed E-state index contributed by atoms with van der Waals surface area (Å²) in [5.74, 6) is 0. The summed E-state index contributed by atoms with van der Waals surface area (Å²) in [6, 6.07) is 15.2. The molecule has 2 heterocycles. The molecule has 4 rings (SSSR count). The molecular weight excluding hydrogens is 294 g/mol. The van der Waals surface area contributed by atoms with Crippen LogP contribution in [0.25, 0.3) is 10.9 Å². The molecule has 0 unspecified atom stereocenters. The monoisotopic (exact) mass is 319 g/mol. The van der Waals surface area contributed by atoms with Crippen LogP contribution in [0.2, 0.25) is 0 Å². The second-order valence-electron chi connectivity index (χ2n) is 6.84. The van der Waals surface area contributed by atoms with Crippen molar-refractivity contribution in [2.24, 2.45) is 0 Å². The van der Waals surface area contributed by atoms with Gasteiger partial charge in [-0.05, 0) is 42.7 Å². The number of aromatic nitrogens is 1. The highest BCUT2D eigenvalue weighted by molar-refractivity contribution is 5.82. The zero-order valence-electron chi connectivity index (χ0n) is 14.5. The molecule has 124 valence electrons. The largest absolute Gasteiger partial charge is 0.369 e. The highest BCUT2D eigenvalue weighted by Crippen LogP contribution is 2.25. The molecule has 0 spiro atoms. The van der Waals surface area contributed by atoms with E-state index >= 15 is 0 Å². The van der Waals surface area contributed by atoms with E-state index < -0.39 is 0 Å². The Hall–Kier alpha value is -2.26. The Morgan fingerprint density at radius 3 is 2.54 bits per heavy atom. The maximum atomic E-state index is 3.39. The number of nitrogens with zero attached hydrogens (tertiary/aromatic N) is 2. The number of para-hydroxylation sites is 1. The molecule has 0 aliphatic carbocycles. The maximum absolute atomic E-state index is 3.39. The highest BCUT2D eigenvalue weighted by Gasteiger charge is 2.19. The predicted molar refractivity (Wildman–Crippen MR) is 102 cm³/mol. The Kier molecular flexibility index (Phi) is 4.03. The van der Waals surface area contributed by atoms with Crippen molar-refractivity contribution in [3.8, 4) is 0 Å². The summed E-state index contributed by atoms with van der Waals surface area (Å²) in [7, 11) is 0. The van der Waals surface area contributed by atoms with Crippen LogP contribution in [0.4, 0.5) is 5.69 Å². The van der Waals surface area contributed by atoms with Gasteiger partial charge in [-0.25, -0.2) is 0 Å². The summed E-state index contributed by atoms with van der Waals surface area (Å²) in [5, 5.41) is 1.36. The highest BCUT2D eigenvalue weighted by atomic mass is 15.3. The van der Waals surface area contributed by atoms with Gasteiger partial charge in [0.05, 0.1) is 0 Å². The zero-order chi connectivity index (χ0) is 16.5. The topological polar surface area (TPSA) is 22.3 Å². The van der Waals surface area contributed by atoms with E-state index in [1.165, 1.54) is 33.3 Å². The summed E-state index contributed by atoms with van der Waals surface area (Å²) in [6.45, 7) is 9.92. The lowest BCUT2D eigenvalue weighted by molar-refractivity contribution is 0.250. The molecule has 0 saturated carbocycles. The van der Waals surface area contributed by atoms with Crippen LogP contribution in [0.1, 0.15) is 16.7 Å². The third kappa shape index (κ3) is 2.80. The summed E-state index contributed by atoms with van der Waals surface area (Å²) < 4.78 is 0. The lowest BCUT2D eigenvalue weighted by Gasteiger charge is -2.37. The molecule has 3 nitrogen and oxygen atoms in total. The van der Waals surface area contributed by atoms with Crippen LogP contribution >= 0.6 is 0 Å². The Morgan fingerprint density at radius 1 is 0.917 bits per heavy atom. The van der Waals surface area contributed by atoms with E-state index in [1.807, 2.05) is 0 Å². The Bertz CT molecular complexity index is 841. The minimum absolute atomic E-state index is 1.03. The van der Waals surface area contributed by atoms with Crippen LogP contribution in [0.15, 0.2) is 48.7 Å². The second kappa shape index (κ2) is 6.33. The number of benzene rings is 2. The molecule has 1 aliphatic heterocycles. The van der Waals surface area contributed by atoms with Gasteiger partial charge in [0.15, 0.2) is 0 Å². The number of anilines is 1. The van der Waals surface area contributed by atoms with E-state index in [9.17, 15) is 0 Å². The number of piperazine rings is 1. The quantitative estimate of drug-likeness (QED) is 0.785. The normalized spacial score (nSPS) is 16.0. The van der Waals surface area contributed by atoms with Gasteiger partial charge in [-0.15, -0.1) is 0 Å². The molecule has 2 aromatic carbocycles. The molecule has 1 fully saturated rings. The number of aromatic amines is 1. The average molecular weight is 319 g/mol. The number of H-pyrrole nitrogens is 1. The van der Waals surface area contributed by atoms with Crippen LogP contribution in [0, 0.1) is 13.8 Å². The summed E-state index contributed by atoms with van der Waals surface area (Å²) in [5.41, 5.74) is 6.85. The van der Waals surface area contributed by atoms with Crippen molar-refractivity contribution in [3.63, 3.8) is 0 Å². The Morgan fingerprint density at radius 2 is 1.71 bits per heavy atom. The standard InChI is InChI=1S/C21H25N3/c1-16-6-5-9-21(17(16)2)24-12-10-23(11-13-24)15-18-14-22-20-8-4-3-7-19(18)20/h3-9,14,22H,10-13,15H2,1-2H3. The first-order chi connectivity index (χ1) is 11.7. The van der Waals surface area contributed by atoms with Gasteiger partial charge in [-0.1, -0.05) is 30.3 Å². The lowest BCUT2D eigenvalue weighted by atomic mass is 10.1. The minimum Gasteiger partial charge on any atom is -0.369 e. The molecule has 0 radical (unpaired) electrons. The van der Waals surface area contributed by atoms with Crippen molar-refractivity contribution < 1.29 is 0 Å². The fourth-order valence-electron chi connectivity index (χ4n) is 3.73. The van der Waals surface area contributed by atoms with Crippen LogP contribution in [0.3, 0.4) is 0 Å². The second-order valence-corrected chi connectivity index (χ2v) is 6.84. The molecule has 1 aromatic heterocycles. The average Bonchev–Trinajstić information content (AvgIpc) is 3.01. The van der Waals surface area contributed by atoms with Crippen molar-refractivity contribution in [1.82, 2.24) is 9.88 Å². The van der Waals surface area contributed by atoms with Gasteiger partial charge in [0.25, 0.3) is 0 Å². The van der Waals surface area contributed by atoms with Crippen LogP contribution in [-0.4, -0.2) is 36.1 Å². The number of hydrogen-bond acceptors (Lipinski definition) is 2. The Labute approximate surface area is 143 Å². The molecule has 1 N–H and O–H groups in total. The van der Waals surface area contributed by atoms with Crippen LogP contribution in [0.5, 0.6) is 0 Å². The fraction of sp³-hybridized carbons (Fsp3) is 0.333. The first-order valence-corrected chi connectivity index (χ1v) is 8.81. The van der Waals surface area contributed by atoms with Gasteiger partial charge < -0.3 is 9.88 Å². The van der Waals surface area contributed by atoms with Gasteiger partial charge in [0.1, 0.15) is 0 Å². The number of aryl methyl sites for hydroxylation is 1. The van der Waals surface area contributed by atoms with Crippen molar-refractivity contribution in [3.05, 3.63) is 65.4 Å². The van der Waals surface area contributed by atoms with Gasteiger partial charge in [-0.3, -0.25) is 4.90 Å².